The molecule has 14 heavy (non-hydrogen) atoms. The molecule has 0 amide bonds. The Labute approximate surface area is 80.8 Å². The van der Waals surface area contributed by atoms with Gasteiger partial charge in [-0.2, -0.15) is 5.10 Å². The maximum absolute atomic E-state index is 13.2. The number of H-pyrrole nitrogens is 1. The van der Waals surface area contributed by atoms with Crippen LogP contribution in [0.25, 0.3) is 0 Å². The van der Waals surface area contributed by atoms with E-state index in [2.05, 4.69) is 10.2 Å². The quantitative estimate of drug-likeness (QED) is 0.759. The molecule has 3 nitrogen and oxygen atoms in total. The summed E-state index contributed by atoms with van der Waals surface area (Å²) >= 11 is 0. The molecule has 72 valence electrons. The largest absolute Gasteiger partial charge is 0.396 e. The van der Waals surface area contributed by atoms with Gasteiger partial charge in [0.1, 0.15) is 5.82 Å². The molecular weight excluding hydrogens is 181 g/mol. The number of nitrogens with two attached hydrogens (primary N) is 1. The fraction of sp³-hybridized carbons (Fsp3) is 0.100. The normalized spacial score (nSPS) is 10.4. The molecule has 0 radical (unpaired) electrons. The van der Waals surface area contributed by atoms with E-state index >= 15 is 0 Å². The number of halogens is 1. The molecule has 0 spiro atoms. The highest BCUT2D eigenvalue weighted by molar-refractivity contribution is 5.42. The number of rotatable bonds is 2. The lowest BCUT2D eigenvalue weighted by Crippen LogP contribution is -1.96. The highest BCUT2D eigenvalue weighted by Crippen LogP contribution is 2.15. The average molecular weight is 191 g/mol. The van der Waals surface area contributed by atoms with E-state index in [1.807, 2.05) is 0 Å². The van der Waals surface area contributed by atoms with E-state index in [0.717, 1.165) is 5.69 Å². The average Bonchev–Trinajstić information content (AvgIpc) is 2.56. The summed E-state index contributed by atoms with van der Waals surface area (Å²) in [5.74, 6) is -0.221. The van der Waals surface area contributed by atoms with E-state index in [1.165, 1.54) is 12.3 Å². The van der Waals surface area contributed by atoms with Crippen molar-refractivity contribution < 1.29 is 4.39 Å². The third-order valence-corrected chi connectivity index (χ3v) is 2.08. The first-order chi connectivity index (χ1) is 6.77. The zero-order chi connectivity index (χ0) is 9.97. The van der Waals surface area contributed by atoms with Crippen LogP contribution in [0.1, 0.15) is 11.3 Å². The van der Waals surface area contributed by atoms with Gasteiger partial charge in [0, 0.05) is 6.42 Å². The lowest BCUT2D eigenvalue weighted by molar-refractivity contribution is 0.613. The number of nitrogens with zero attached hydrogens (tertiary/aromatic N) is 1. The Balaban J connectivity index is 2.28. The molecular formula is C10H10FN3. The first kappa shape index (κ1) is 8.74. The summed E-state index contributed by atoms with van der Waals surface area (Å²) in [7, 11) is 0. The predicted octanol–water partition coefficient (Wildman–Crippen LogP) is 1.72. The van der Waals surface area contributed by atoms with Crippen LogP contribution in [-0.2, 0) is 6.42 Å². The molecule has 0 fully saturated rings. The molecule has 0 aliphatic heterocycles. The number of benzene rings is 1. The van der Waals surface area contributed by atoms with Crippen LogP contribution in [-0.4, -0.2) is 10.2 Å². The minimum absolute atomic E-state index is 0.221. The lowest BCUT2D eigenvalue weighted by Gasteiger charge is -2.01. The molecule has 1 heterocycles. The first-order valence-electron chi connectivity index (χ1n) is 4.28. The number of anilines is 1. The molecule has 1 aromatic carbocycles. The van der Waals surface area contributed by atoms with E-state index in [-0.39, 0.29) is 5.82 Å². The number of nitrogen functional groups attached to an aromatic ring is 1. The highest BCUT2D eigenvalue weighted by Gasteiger charge is 2.05. The molecule has 2 aromatic rings. The summed E-state index contributed by atoms with van der Waals surface area (Å²) in [5.41, 5.74) is 7.55. The Morgan fingerprint density at radius 3 is 2.79 bits per heavy atom. The third-order valence-electron chi connectivity index (χ3n) is 2.08. The van der Waals surface area contributed by atoms with Crippen molar-refractivity contribution >= 4 is 5.69 Å². The van der Waals surface area contributed by atoms with Gasteiger partial charge in [0.15, 0.2) is 0 Å². The Kier molecular flexibility index (Phi) is 2.18. The molecule has 2 rings (SSSR count). The van der Waals surface area contributed by atoms with Gasteiger partial charge in [0.2, 0.25) is 0 Å². The van der Waals surface area contributed by atoms with E-state index in [1.54, 1.807) is 18.2 Å². The van der Waals surface area contributed by atoms with Gasteiger partial charge in [-0.15, -0.1) is 0 Å². The van der Waals surface area contributed by atoms with Gasteiger partial charge in [-0.1, -0.05) is 18.2 Å². The molecule has 4 heteroatoms. The maximum atomic E-state index is 13.2. The van der Waals surface area contributed by atoms with Crippen LogP contribution in [0, 0.1) is 5.82 Å². The fourth-order valence-corrected chi connectivity index (χ4v) is 1.30. The Hall–Kier alpha value is -1.84. The third kappa shape index (κ3) is 1.59. The molecule has 1 aromatic heterocycles. The van der Waals surface area contributed by atoms with Gasteiger partial charge < -0.3 is 5.73 Å². The Morgan fingerprint density at radius 2 is 2.14 bits per heavy atom. The molecule has 0 saturated heterocycles. The van der Waals surface area contributed by atoms with Crippen molar-refractivity contribution in [1.29, 1.82) is 0 Å². The van der Waals surface area contributed by atoms with E-state index in [0.29, 0.717) is 17.7 Å². The Bertz CT molecular complexity index is 436. The van der Waals surface area contributed by atoms with Crippen molar-refractivity contribution in [2.45, 2.75) is 6.42 Å². The SMILES string of the molecule is Nc1cn[nH]c1Cc1ccccc1F. The molecule has 0 aliphatic carbocycles. The summed E-state index contributed by atoms with van der Waals surface area (Å²) in [6.07, 6.45) is 1.97. The monoisotopic (exact) mass is 191 g/mol. The van der Waals surface area contributed by atoms with Crippen LogP contribution < -0.4 is 5.73 Å². The van der Waals surface area contributed by atoms with E-state index in [9.17, 15) is 4.39 Å². The van der Waals surface area contributed by atoms with Crippen LogP contribution in [0.5, 0.6) is 0 Å². The van der Waals surface area contributed by atoms with Crippen molar-refractivity contribution in [2.75, 3.05) is 5.73 Å². The minimum Gasteiger partial charge on any atom is -0.396 e. The number of hydrogen-bond donors (Lipinski definition) is 2. The van der Waals surface area contributed by atoms with E-state index < -0.39 is 0 Å². The summed E-state index contributed by atoms with van der Waals surface area (Å²) in [6, 6.07) is 6.62. The van der Waals surface area contributed by atoms with E-state index in [4.69, 9.17) is 5.73 Å². The summed E-state index contributed by atoms with van der Waals surface area (Å²) in [5, 5.41) is 6.51. The maximum Gasteiger partial charge on any atom is 0.126 e. The molecule has 0 aliphatic rings. The van der Waals surface area contributed by atoms with Gasteiger partial charge in [0.05, 0.1) is 17.6 Å². The summed E-state index contributed by atoms with van der Waals surface area (Å²) in [6.45, 7) is 0. The van der Waals surface area contributed by atoms with Crippen molar-refractivity contribution in [2.24, 2.45) is 0 Å². The minimum atomic E-state index is -0.221. The highest BCUT2D eigenvalue weighted by atomic mass is 19.1. The van der Waals surface area contributed by atoms with Crippen LogP contribution in [0.15, 0.2) is 30.5 Å². The number of nitrogens with one attached hydrogen (secondary N) is 1. The number of hydrogen-bond acceptors (Lipinski definition) is 2. The first-order valence-corrected chi connectivity index (χ1v) is 4.28. The molecule has 0 saturated carbocycles. The van der Waals surface area contributed by atoms with Crippen LogP contribution in [0.2, 0.25) is 0 Å². The molecule has 3 N–H and O–H groups in total. The van der Waals surface area contributed by atoms with Crippen LogP contribution in [0.3, 0.4) is 0 Å². The number of aromatic nitrogens is 2. The second-order valence-electron chi connectivity index (χ2n) is 3.07. The lowest BCUT2D eigenvalue weighted by atomic mass is 10.1. The van der Waals surface area contributed by atoms with Crippen molar-refractivity contribution in [3.05, 3.63) is 47.5 Å². The topological polar surface area (TPSA) is 54.7 Å². The smallest absolute Gasteiger partial charge is 0.126 e. The molecule has 0 atom stereocenters. The summed E-state index contributed by atoms with van der Waals surface area (Å²) < 4.78 is 13.2. The van der Waals surface area contributed by atoms with Gasteiger partial charge in [-0.25, -0.2) is 4.39 Å². The molecule has 0 bridgehead atoms. The zero-order valence-corrected chi connectivity index (χ0v) is 7.50. The van der Waals surface area contributed by atoms with Gasteiger partial charge in [-0.3, -0.25) is 5.10 Å². The van der Waals surface area contributed by atoms with Crippen molar-refractivity contribution in [3.8, 4) is 0 Å². The van der Waals surface area contributed by atoms with Crippen LogP contribution >= 0.6 is 0 Å². The zero-order valence-electron chi connectivity index (χ0n) is 7.50. The fourth-order valence-electron chi connectivity index (χ4n) is 1.30. The van der Waals surface area contributed by atoms with Crippen LogP contribution in [0.4, 0.5) is 10.1 Å². The van der Waals surface area contributed by atoms with Gasteiger partial charge >= 0.3 is 0 Å². The second kappa shape index (κ2) is 3.49. The Morgan fingerprint density at radius 1 is 1.36 bits per heavy atom. The predicted molar refractivity (Wildman–Crippen MR) is 52.2 cm³/mol. The standard InChI is InChI=1S/C10H10FN3/c11-8-4-2-1-3-7(8)5-10-9(12)6-13-14-10/h1-4,6H,5,12H2,(H,13,14). The van der Waals surface area contributed by atoms with Gasteiger partial charge in [-0.05, 0) is 11.6 Å². The number of aromatic amines is 1. The van der Waals surface area contributed by atoms with Gasteiger partial charge in [0.25, 0.3) is 0 Å². The van der Waals surface area contributed by atoms with Crippen molar-refractivity contribution in [1.82, 2.24) is 10.2 Å². The summed E-state index contributed by atoms with van der Waals surface area (Å²) in [4.78, 5) is 0. The second-order valence-corrected chi connectivity index (χ2v) is 3.07. The molecule has 0 unspecified atom stereocenters. The van der Waals surface area contributed by atoms with Crippen molar-refractivity contribution in [3.63, 3.8) is 0 Å².